The Morgan fingerprint density at radius 3 is 2.50 bits per heavy atom. The van der Waals surface area contributed by atoms with Crippen LogP contribution in [0, 0.1) is 0 Å². The zero-order chi connectivity index (χ0) is 21.5. The van der Waals surface area contributed by atoms with Gasteiger partial charge in [-0.25, -0.2) is 8.42 Å². The summed E-state index contributed by atoms with van der Waals surface area (Å²) in [6.07, 6.45) is 0.191. The second kappa shape index (κ2) is 7.94. The molecular formula is C21H18ClNO5S2. The number of hydrogen-bond acceptors (Lipinski definition) is 6. The number of thiophene rings is 1. The Hall–Kier alpha value is -2.55. The fraction of sp³-hybridized carbons (Fsp3) is 0.190. The summed E-state index contributed by atoms with van der Waals surface area (Å²) in [5.74, 6) is 0.633. The van der Waals surface area contributed by atoms with Gasteiger partial charge in [0, 0.05) is 39.2 Å². The number of ether oxygens (including phenoxy) is 2. The van der Waals surface area contributed by atoms with Crippen LogP contribution in [-0.2, 0) is 14.6 Å². The van der Waals surface area contributed by atoms with Gasteiger partial charge in [0.1, 0.15) is 16.4 Å². The van der Waals surface area contributed by atoms with Gasteiger partial charge < -0.3 is 14.8 Å². The van der Waals surface area contributed by atoms with Crippen LogP contribution < -0.4 is 14.8 Å². The van der Waals surface area contributed by atoms with Crippen LogP contribution in [-0.4, -0.2) is 28.5 Å². The predicted octanol–water partition coefficient (Wildman–Crippen LogP) is 4.73. The number of sulfone groups is 1. The molecular weight excluding hydrogens is 446 g/mol. The Morgan fingerprint density at radius 2 is 1.83 bits per heavy atom. The highest BCUT2D eigenvalue weighted by Crippen LogP contribution is 2.48. The van der Waals surface area contributed by atoms with Gasteiger partial charge in [0.15, 0.2) is 0 Å². The van der Waals surface area contributed by atoms with Gasteiger partial charge >= 0.3 is 0 Å². The molecule has 1 aliphatic heterocycles. The molecule has 4 rings (SSSR count). The second-order valence-corrected chi connectivity index (χ2v) is 9.98. The summed E-state index contributed by atoms with van der Waals surface area (Å²) in [4.78, 5) is 13.5. The first-order chi connectivity index (χ1) is 14.3. The molecule has 1 aromatic heterocycles. The van der Waals surface area contributed by atoms with E-state index in [0.29, 0.717) is 22.2 Å². The third kappa shape index (κ3) is 3.55. The van der Waals surface area contributed by atoms with Crippen molar-refractivity contribution in [1.82, 2.24) is 0 Å². The van der Waals surface area contributed by atoms with Crippen LogP contribution in [0.15, 0.2) is 57.6 Å². The molecule has 0 radical (unpaired) electrons. The first-order valence-corrected chi connectivity index (χ1v) is 11.7. The van der Waals surface area contributed by atoms with E-state index in [1.54, 1.807) is 31.7 Å². The molecule has 1 amide bonds. The third-order valence-electron chi connectivity index (χ3n) is 4.99. The summed E-state index contributed by atoms with van der Waals surface area (Å²) in [5, 5.41) is 4.77. The van der Waals surface area contributed by atoms with E-state index >= 15 is 0 Å². The number of rotatable bonds is 5. The van der Waals surface area contributed by atoms with E-state index in [1.807, 2.05) is 6.07 Å². The van der Waals surface area contributed by atoms with Gasteiger partial charge in [-0.3, -0.25) is 4.79 Å². The Balaban J connectivity index is 1.83. The maximum Gasteiger partial charge on any atom is 0.225 e. The number of halogens is 1. The maximum atomic E-state index is 13.2. The van der Waals surface area contributed by atoms with Crippen LogP contribution in [0.5, 0.6) is 11.5 Å². The zero-order valence-corrected chi connectivity index (χ0v) is 18.5. The molecule has 2 heterocycles. The lowest BCUT2D eigenvalue weighted by molar-refractivity contribution is -0.116. The number of hydrogen-bond donors (Lipinski definition) is 1. The van der Waals surface area contributed by atoms with Crippen LogP contribution in [0.3, 0.4) is 0 Å². The first-order valence-electron chi connectivity index (χ1n) is 8.99. The van der Waals surface area contributed by atoms with Crippen molar-refractivity contribution in [1.29, 1.82) is 0 Å². The van der Waals surface area contributed by atoms with Gasteiger partial charge in [-0.1, -0.05) is 17.7 Å². The molecule has 0 saturated heterocycles. The summed E-state index contributed by atoms with van der Waals surface area (Å²) in [6.45, 7) is 0. The second-order valence-electron chi connectivity index (χ2n) is 6.71. The summed E-state index contributed by atoms with van der Waals surface area (Å²) in [6, 6.07) is 11.3. The van der Waals surface area contributed by atoms with Crippen molar-refractivity contribution in [3.63, 3.8) is 0 Å². The SMILES string of the molecule is COc1ccc([C@H]2CC(=O)Nc3c(S(=O)(=O)c4ccc(Cl)cc4)csc32)c(OC)c1. The van der Waals surface area contributed by atoms with Crippen molar-refractivity contribution in [3.8, 4) is 11.5 Å². The van der Waals surface area contributed by atoms with Crippen molar-refractivity contribution in [3.05, 3.63) is 63.3 Å². The molecule has 1 atom stereocenters. The smallest absolute Gasteiger partial charge is 0.225 e. The number of benzene rings is 2. The molecule has 1 aliphatic rings. The molecule has 0 aliphatic carbocycles. The van der Waals surface area contributed by atoms with Gasteiger partial charge in [-0.15, -0.1) is 11.3 Å². The number of carbonyl (C=O) groups is 1. The maximum absolute atomic E-state index is 13.2. The highest BCUT2D eigenvalue weighted by atomic mass is 35.5. The minimum Gasteiger partial charge on any atom is -0.497 e. The number of methoxy groups -OCH3 is 2. The topological polar surface area (TPSA) is 81.7 Å². The average Bonchev–Trinajstić information content (AvgIpc) is 3.17. The van der Waals surface area contributed by atoms with Crippen LogP contribution >= 0.6 is 22.9 Å². The van der Waals surface area contributed by atoms with Gasteiger partial charge in [0.05, 0.1) is 24.8 Å². The monoisotopic (exact) mass is 463 g/mol. The lowest BCUT2D eigenvalue weighted by atomic mass is 9.90. The van der Waals surface area contributed by atoms with E-state index in [4.69, 9.17) is 21.1 Å². The standard InChI is InChI=1S/C21H18ClNO5S2/c1-27-13-5-8-15(17(9-13)28-2)16-10-19(24)23-20-18(11-29-21(16)20)30(25,26)14-6-3-12(22)4-7-14/h3-9,11,16H,10H2,1-2H3,(H,23,24)/t16-/m1/s1. The molecule has 1 N–H and O–H groups in total. The van der Waals surface area contributed by atoms with E-state index in [0.717, 1.165) is 10.4 Å². The quantitative estimate of drug-likeness (QED) is 0.591. The van der Waals surface area contributed by atoms with Crippen molar-refractivity contribution < 1.29 is 22.7 Å². The molecule has 0 saturated carbocycles. The van der Waals surface area contributed by atoms with Gasteiger partial charge in [0.2, 0.25) is 15.7 Å². The number of anilines is 1. The van der Waals surface area contributed by atoms with Crippen LogP contribution in [0.1, 0.15) is 22.8 Å². The molecule has 0 bridgehead atoms. The molecule has 0 fully saturated rings. The number of fused-ring (bicyclic) bond motifs is 1. The predicted molar refractivity (Wildman–Crippen MR) is 116 cm³/mol. The number of amides is 1. The highest BCUT2D eigenvalue weighted by molar-refractivity contribution is 7.91. The van der Waals surface area contributed by atoms with Crippen molar-refractivity contribution in [2.45, 2.75) is 22.1 Å². The highest BCUT2D eigenvalue weighted by Gasteiger charge is 2.35. The van der Waals surface area contributed by atoms with E-state index in [-0.39, 0.29) is 28.0 Å². The Bertz CT molecular complexity index is 1220. The largest absolute Gasteiger partial charge is 0.497 e. The molecule has 0 spiro atoms. The molecule has 0 unspecified atom stereocenters. The van der Waals surface area contributed by atoms with E-state index < -0.39 is 9.84 Å². The lowest BCUT2D eigenvalue weighted by Gasteiger charge is -2.25. The number of nitrogens with one attached hydrogen (secondary N) is 1. The zero-order valence-electron chi connectivity index (χ0n) is 16.1. The summed E-state index contributed by atoms with van der Waals surface area (Å²) in [5.41, 5.74) is 1.13. The number of carbonyl (C=O) groups excluding carboxylic acids is 1. The molecule has 3 aromatic rings. The van der Waals surface area contributed by atoms with E-state index in [2.05, 4.69) is 5.32 Å². The molecule has 2 aromatic carbocycles. The van der Waals surface area contributed by atoms with Gasteiger partial charge in [-0.2, -0.15) is 0 Å². The van der Waals surface area contributed by atoms with Crippen LogP contribution in [0.25, 0.3) is 0 Å². The van der Waals surface area contributed by atoms with E-state index in [1.165, 1.54) is 35.6 Å². The summed E-state index contributed by atoms with van der Waals surface area (Å²) < 4.78 is 37.2. The normalized spacial score (nSPS) is 16.0. The fourth-order valence-electron chi connectivity index (χ4n) is 3.50. The first kappa shape index (κ1) is 20.7. The summed E-state index contributed by atoms with van der Waals surface area (Å²) >= 11 is 7.19. The molecule has 9 heteroatoms. The Kier molecular flexibility index (Phi) is 5.48. The molecule has 30 heavy (non-hydrogen) atoms. The third-order valence-corrected chi connectivity index (χ3v) is 8.28. The fourth-order valence-corrected chi connectivity index (χ4v) is 6.53. The van der Waals surface area contributed by atoms with Crippen molar-refractivity contribution in [2.24, 2.45) is 0 Å². The average molecular weight is 464 g/mol. The van der Waals surface area contributed by atoms with Crippen molar-refractivity contribution in [2.75, 3.05) is 19.5 Å². The Morgan fingerprint density at radius 1 is 1.10 bits per heavy atom. The minimum atomic E-state index is -3.82. The van der Waals surface area contributed by atoms with Crippen molar-refractivity contribution >= 4 is 44.4 Å². The Labute approximate surface area is 183 Å². The molecule has 6 nitrogen and oxygen atoms in total. The van der Waals surface area contributed by atoms with Gasteiger partial charge in [0.25, 0.3) is 0 Å². The lowest BCUT2D eigenvalue weighted by Crippen LogP contribution is -2.23. The van der Waals surface area contributed by atoms with Crippen LogP contribution in [0.4, 0.5) is 5.69 Å². The summed E-state index contributed by atoms with van der Waals surface area (Å²) in [7, 11) is -0.712. The van der Waals surface area contributed by atoms with E-state index in [9.17, 15) is 13.2 Å². The molecule has 156 valence electrons. The van der Waals surface area contributed by atoms with Crippen LogP contribution in [0.2, 0.25) is 5.02 Å². The van der Waals surface area contributed by atoms with Gasteiger partial charge in [-0.05, 0) is 30.3 Å². The minimum absolute atomic E-state index is 0.0790.